The Hall–Kier alpha value is -0.0800. The average molecular weight is 388 g/mol. The van der Waals surface area contributed by atoms with Crippen molar-refractivity contribution in [2.24, 2.45) is 40.4 Å². The van der Waals surface area contributed by atoms with Crippen LogP contribution >= 0.6 is 0 Å². The number of rotatable bonds is 2. The van der Waals surface area contributed by atoms with Gasteiger partial charge >= 0.3 is 0 Å². The molecule has 0 aromatic heterocycles. The molecule has 2 heteroatoms. The third-order valence-electron chi connectivity index (χ3n) is 11.2. The topological polar surface area (TPSA) is 23.5 Å². The molecular formula is C26H45NO. The van der Waals surface area contributed by atoms with E-state index >= 15 is 0 Å². The van der Waals surface area contributed by atoms with Gasteiger partial charge in [0.15, 0.2) is 0 Å². The highest BCUT2D eigenvalue weighted by atomic mass is 16.3. The first kappa shape index (κ1) is 19.9. The maximum atomic E-state index is 10.5. The molecule has 5 rings (SSSR count). The van der Waals surface area contributed by atoms with Crippen molar-refractivity contribution in [2.45, 2.75) is 110 Å². The molecule has 0 amide bonds. The van der Waals surface area contributed by atoms with Gasteiger partial charge in [0, 0.05) is 6.04 Å². The molecule has 9 unspecified atom stereocenters. The van der Waals surface area contributed by atoms with Crippen molar-refractivity contribution in [1.82, 2.24) is 4.90 Å². The van der Waals surface area contributed by atoms with E-state index in [0.717, 1.165) is 29.7 Å². The van der Waals surface area contributed by atoms with E-state index in [0.29, 0.717) is 16.7 Å². The molecule has 1 heterocycles. The van der Waals surface area contributed by atoms with E-state index in [1.807, 2.05) is 0 Å². The van der Waals surface area contributed by atoms with Gasteiger partial charge in [-0.05, 0) is 131 Å². The zero-order valence-electron chi connectivity index (χ0n) is 18.8. The van der Waals surface area contributed by atoms with Crippen LogP contribution in [-0.4, -0.2) is 35.2 Å². The summed E-state index contributed by atoms with van der Waals surface area (Å²) in [6.45, 7) is 10.1. The van der Waals surface area contributed by atoms with Crippen molar-refractivity contribution in [3.8, 4) is 0 Å². The van der Waals surface area contributed by atoms with Gasteiger partial charge in [-0.15, -0.1) is 0 Å². The number of hydrogen-bond donors (Lipinski definition) is 1. The second-order valence-corrected chi connectivity index (χ2v) is 12.2. The Balaban J connectivity index is 1.37. The van der Waals surface area contributed by atoms with Crippen molar-refractivity contribution >= 4 is 0 Å². The molecule has 9 atom stereocenters. The van der Waals surface area contributed by atoms with E-state index in [2.05, 4.69) is 25.7 Å². The van der Waals surface area contributed by atoms with Gasteiger partial charge in [0.05, 0.1) is 6.10 Å². The number of likely N-dealkylation sites (tertiary alicyclic amines) is 1. The molecular weight excluding hydrogens is 342 g/mol. The zero-order chi connectivity index (χ0) is 19.5. The average Bonchev–Trinajstić information content (AvgIpc) is 3.05. The minimum atomic E-state index is -0.114. The van der Waals surface area contributed by atoms with Gasteiger partial charge in [0.25, 0.3) is 0 Å². The lowest BCUT2D eigenvalue weighted by molar-refractivity contribution is -0.130. The predicted molar refractivity (Wildman–Crippen MR) is 116 cm³/mol. The first-order valence-electron chi connectivity index (χ1n) is 12.9. The predicted octanol–water partition coefficient (Wildman–Crippen LogP) is 5.88. The summed E-state index contributed by atoms with van der Waals surface area (Å²) in [6.07, 6.45) is 17.2. The summed E-state index contributed by atoms with van der Waals surface area (Å²) in [5, 5.41) is 10.5. The van der Waals surface area contributed by atoms with Crippen LogP contribution in [0, 0.1) is 40.4 Å². The highest BCUT2D eigenvalue weighted by Crippen LogP contribution is 2.68. The molecule has 1 aliphatic heterocycles. The van der Waals surface area contributed by atoms with Gasteiger partial charge in [-0.2, -0.15) is 0 Å². The minimum absolute atomic E-state index is 0.114. The number of aliphatic hydroxyl groups excluding tert-OH is 1. The second-order valence-electron chi connectivity index (χ2n) is 12.2. The van der Waals surface area contributed by atoms with E-state index in [1.54, 1.807) is 0 Å². The van der Waals surface area contributed by atoms with Crippen molar-refractivity contribution in [1.29, 1.82) is 0 Å². The Kier molecular flexibility index (Phi) is 5.15. The molecule has 0 aromatic rings. The van der Waals surface area contributed by atoms with E-state index in [1.165, 1.54) is 90.1 Å². The number of aliphatic hydroxyl groups is 1. The molecule has 1 saturated heterocycles. The van der Waals surface area contributed by atoms with Crippen LogP contribution < -0.4 is 0 Å². The Morgan fingerprint density at radius 2 is 1.54 bits per heavy atom. The highest BCUT2D eigenvalue weighted by molar-refractivity contribution is 5.10. The van der Waals surface area contributed by atoms with Crippen molar-refractivity contribution in [2.75, 3.05) is 13.1 Å². The smallest absolute Gasteiger partial charge is 0.0545 e. The molecule has 0 radical (unpaired) electrons. The van der Waals surface area contributed by atoms with Gasteiger partial charge in [0.1, 0.15) is 0 Å². The lowest BCUT2D eigenvalue weighted by Gasteiger charge is -2.62. The Labute approximate surface area is 173 Å². The van der Waals surface area contributed by atoms with Gasteiger partial charge in [-0.1, -0.05) is 20.3 Å². The standard InChI is InChI=1S/C26H45NO/c1-18(28)22-11-12-23-21-10-8-19-7-9-20(27-15-5-4-6-16-27)17-26(19,3)24(21)13-14-25(22,23)2/h18-24,28H,4-17H2,1-3H3. The summed E-state index contributed by atoms with van der Waals surface area (Å²) in [6, 6.07) is 0.877. The van der Waals surface area contributed by atoms with E-state index < -0.39 is 0 Å². The van der Waals surface area contributed by atoms with Crippen LogP contribution in [0.5, 0.6) is 0 Å². The van der Waals surface area contributed by atoms with Crippen LogP contribution in [0.15, 0.2) is 0 Å². The molecule has 4 aliphatic carbocycles. The van der Waals surface area contributed by atoms with Crippen LogP contribution in [-0.2, 0) is 0 Å². The number of nitrogens with zero attached hydrogens (tertiary/aromatic N) is 1. The Bertz CT molecular complexity index is 569. The maximum Gasteiger partial charge on any atom is 0.0545 e. The zero-order valence-corrected chi connectivity index (χ0v) is 18.8. The summed E-state index contributed by atoms with van der Waals surface area (Å²) in [5.74, 6) is 4.34. The minimum Gasteiger partial charge on any atom is -0.393 e. The molecule has 0 aromatic carbocycles. The Morgan fingerprint density at radius 3 is 2.29 bits per heavy atom. The first-order valence-corrected chi connectivity index (χ1v) is 12.9. The SMILES string of the molecule is CC(O)C1CCC2C3CCC4CCC(N5CCCCC5)CC4(C)C3CCC12C. The van der Waals surface area contributed by atoms with Gasteiger partial charge in [-0.25, -0.2) is 0 Å². The van der Waals surface area contributed by atoms with E-state index in [4.69, 9.17) is 0 Å². The van der Waals surface area contributed by atoms with Gasteiger partial charge < -0.3 is 10.0 Å². The molecule has 5 fully saturated rings. The fourth-order valence-electron chi connectivity index (χ4n) is 9.76. The lowest BCUT2D eigenvalue weighted by Crippen LogP contribution is -2.56. The van der Waals surface area contributed by atoms with Crippen LogP contribution in [0.2, 0.25) is 0 Å². The molecule has 1 N–H and O–H groups in total. The van der Waals surface area contributed by atoms with Crippen molar-refractivity contribution < 1.29 is 5.11 Å². The normalized spacial score (nSPS) is 53.1. The molecule has 2 nitrogen and oxygen atoms in total. The summed E-state index contributed by atoms with van der Waals surface area (Å²) in [4.78, 5) is 2.89. The summed E-state index contributed by atoms with van der Waals surface area (Å²) in [5.41, 5.74) is 1.01. The van der Waals surface area contributed by atoms with Crippen LogP contribution in [0.3, 0.4) is 0 Å². The highest BCUT2D eigenvalue weighted by Gasteiger charge is 2.60. The fourth-order valence-corrected chi connectivity index (χ4v) is 9.76. The summed E-state index contributed by atoms with van der Waals surface area (Å²) < 4.78 is 0. The third kappa shape index (κ3) is 2.95. The van der Waals surface area contributed by atoms with Crippen LogP contribution in [0.25, 0.3) is 0 Å². The van der Waals surface area contributed by atoms with Crippen molar-refractivity contribution in [3.63, 3.8) is 0 Å². The molecule has 5 aliphatic rings. The number of piperidine rings is 1. The van der Waals surface area contributed by atoms with E-state index in [-0.39, 0.29) is 6.10 Å². The fraction of sp³-hybridized carbons (Fsp3) is 1.00. The molecule has 0 spiro atoms. The number of hydrogen-bond acceptors (Lipinski definition) is 2. The van der Waals surface area contributed by atoms with Crippen LogP contribution in [0.4, 0.5) is 0 Å². The Morgan fingerprint density at radius 1 is 0.821 bits per heavy atom. The lowest BCUT2D eigenvalue weighted by atomic mass is 9.44. The van der Waals surface area contributed by atoms with Gasteiger partial charge in [-0.3, -0.25) is 0 Å². The quantitative estimate of drug-likeness (QED) is 0.639. The third-order valence-corrected chi connectivity index (χ3v) is 11.2. The molecule has 4 saturated carbocycles. The number of fused-ring (bicyclic) bond motifs is 5. The summed E-state index contributed by atoms with van der Waals surface area (Å²) in [7, 11) is 0. The first-order chi connectivity index (χ1) is 13.4. The molecule has 0 bridgehead atoms. The van der Waals surface area contributed by atoms with Gasteiger partial charge in [0.2, 0.25) is 0 Å². The monoisotopic (exact) mass is 387 g/mol. The molecule has 160 valence electrons. The molecule has 28 heavy (non-hydrogen) atoms. The van der Waals surface area contributed by atoms with E-state index in [9.17, 15) is 5.11 Å². The largest absolute Gasteiger partial charge is 0.393 e. The second kappa shape index (κ2) is 7.26. The summed E-state index contributed by atoms with van der Waals surface area (Å²) >= 11 is 0. The van der Waals surface area contributed by atoms with Crippen molar-refractivity contribution in [3.05, 3.63) is 0 Å². The maximum absolute atomic E-state index is 10.5. The van der Waals surface area contributed by atoms with Crippen LogP contribution in [0.1, 0.15) is 97.8 Å².